The van der Waals surface area contributed by atoms with Gasteiger partial charge in [0.1, 0.15) is 11.1 Å². The smallest absolute Gasteiger partial charge is 0.253 e. The van der Waals surface area contributed by atoms with E-state index >= 15 is 0 Å². The van der Waals surface area contributed by atoms with Gasteiger partial charge in [-0.3, -0.25) is 4.79 Å². The van der Waals surface area contributed by atoms with Crippen LogP contribution in [0.5, 0.6) is 0 Å². The summed E-state index contributed by atoms with van der Waals surface area (Å²) in [5, 5.41) is 2.72. The molecular formula is C11H13BrN2O2S. The van der Waals surface area contributed by atoms with Crippen molar-refractivity contribution in [2.45, 2.75) is 13.0 Å². The van der Waals surface area contributed by atoms with E-state index in [2.05, 4.69) is 21.2 Å². The number of hydrogen-bond acceptors (Lipinski definition) is 3. The second kappa shape index (κ2) is 6.09. The van der Waals surface area contributed by atoms with Crippen LogP contribution in [-0.2, 0) is 9.53 Å². The van der Waals surface area contributed by atoms with Crippen LogP contribution in [0.15, 0.2) is 22.7 Å². The van der Waals surface area contributed by atoms with E-state index in [-0.39, 0.29) is 10.9 Å². The summed E-state index contributed by atoms with van der Waals surface area (Å²) in [6.45, 7) is 1.66. The molecule has 1 aromatic rings. The molecule has 1 amide bonds. The van der Waals surface area contributed by atoms with Gasteiger partial charge in [0.05, 0.1) is 5.69 Å². The van der Waals surface area contributed by atoms with E-state index in [4.69, 9.17) is 22.7 Å². The minimum Gasteiger partial charge on any atom is -0.389 e. The van der Waals surface area contributed by atoms with Gasteiger partial charge in [-0.25, -0.2) is 0 Å². The molecule has 0 fully saturated rings. The molecule has 0 aromatic heterocycles. The molecule has 1 aromatic carbocycles. The van der Waals surface area contributed by atoms with Gasteiger partial charge in [0.25, 0.3) is 5.91 Å². The molecule has 1 rings (SSSR count). The molecular weight excluding hydrogens is 304 g/mol. The van der Waals surface area contributed by atoms with Crippen LogP contribution in [0, 0.1) is 0 Å². The quantitative estimate of drug-likeness (QED) is 0.835. The topological polar surface area (TPSA) is 64.3 Å². The zero-order valence-electron chi connectivity index (χ0n) is 9.49. The number of carbonyl (C=O) groups excluding carboxylic acids is 1. The average molecular weight is 317 g/mol. The first kappa shape index (κ1) is 14.1. The van der Waals surface area contributed by atoms with E-state index in [1.165, 1.54) is 7.11 Å². The molecule has 0 bridgehead atoms. The van der Waals surface area contributed by atoms with Gasteiger partial charge < -0.3 is 15.8 Å². The van der Waals surface area contributed by atoms with Crippen molar-refractivity contribution >= 4 is 44.7 Å². The number of anilines is 1. The van der Waals surface area contributed by atoms with E-state index in [1.807, 2.05) is 0 Å². The molecule has 1 unspecified atom stereocenters. The molecule has 0 radical (unpaired) electrons. The van der Waals surface area contributed by atoms with Crippen molar-refractivity contribution in [2.24, 2.45) is 5.73 Å². The van der Waals surface area contributed by atoms with Crippen LogP contribution in [0.3, 0.4) is 0 Å². The second-order valence-electron chi connectivity index (χ2n) is 3.42. The Morgan fingerprint density at radius 3 is 2.76 bits per heavy atom. The summed E-state index contributed by atoms with van der Waals surface area (Å²) in [5.74, 6) is -0.243. The Kier molecular flexibility index (Phi) is 5.04. The van der Waals surface area contributed by atoms with Crippen molar-refractivity contribution in [3.63, 3.8) is 0 Å². The number of benzene rings is 1. The van der Waals surface area contributed by atoms with E-state index < -0.39 is 6.10 Å². The Morgan fingerprint density at radius 1 is 1.59 bits per heavy atom. The number of amides is 1. The third-order valence-electron chi connectivity index (χ3n) is 2.23. The molecule has 0 saturated carbocycles. The van der Waals surface area contributed by atoms with Gasteiger partial charge in [-0.1, -0.05) is 28.1 Å². The van der Waals surface area contributed by atoms with Gasteiger partial charge in [-0.2, -0.15) is 0 Å². The summed E-state index contributed by atoms with van der Waals surface area (Å²) < 4.78 is 5.77. The van der Waals surface area contributed by atoms with Gasteiger partial charge in [-0.05, 0) is 25.1 Å². The van der Waals surface area contributed by atoms with E-state index in [0.717, 1.165) is 4.47 Å². The Balaban J connectivity index is 2.98. The maximum Gasteiger partial charge on any atom is 0.253 e. The lowest BCUT2D eigenvalue weighted by molar-refractivity contribution is -0.124. The Morgan fingerprint density at radius 2 is 2.24 bits per heavy atom. The summed E-state index contributed by atoms with van der Waals surface area (Å²) in [5.41, 5.74) is 6.79. The number of ether oxygens (including phenoxy) is 1. The van der Waals surface area contributed by atoms with E-state index in [9.17, 15) is 4.79 Å². The lowest BCUT2D eigenvalue weighted by atomic mass is 10.1. The highest BCUT2D eigenvalue weighted by molar-refractivity contribution is 9.10. The first-order chi connectivity index (χ1) is 7.95. The van der Waals surface area contributed by atoms with Gasteiger partial charge >= 0.3 is 0 Å². The normalized spacial score (nSPS) is 11.9. The number of carbonyl (C=O) groups is 1. The van der Waals surface area contributed by atoms with Crippen molar-refractivity contribution in [2.75, 3.05) is 12.4 Å². The Hall–Kier alpha value is -0.980. The van der Waals surface area contributed by atoms with Crippen LogP contribution in [-0.4, -0.2) is 24.1 Å². The number of hydrogen-bond donors (Lipinski definition) is 2. The number of nitrogens with two attached hydrogens (primary N) is 1. The van der Waals surface area contributed by atoms with Crippen LogP contribution in [0.4, 0.5) is 5.69 Å². The molecule has 0 aliphatic carbocycles. The second-order valence-corrected chi connectivity index (χ2v) is 4.78. The Labute approximate surface area is 114 Å². The lowest BCUT2D eigenvalue weighted by Crippen LogP contribution is -2.27. The molecule has 92 valence electrons. The van der Waals surface area contributed by atoms with Crippen LogP contribution >= 0.6 is 28.1 Å². The van der Waals surface area contributed by atoms with Crippen molar-refractivity contribution in [1.82, 2.24) is 0 Å². The molecule has 0 aliphatic rings. The number of nitrogens with one attached hydrogen (secondary N) is 1. The van der Waals surface area contributed by atoms with Crippen molar-refractivity contribution < 1.29 is 9.53 Å². The number of methoxy groups -OCH3 is 1. The number of halogens is 1. The SMILES string of the molecule is COC(C)C(=O)Nc1ccc(Br)cc1C(N)=S. The average Bonchev–Trinajstić information content (AvgIpc) is 2.29. The fraction of sp³-hybridized carbons (Fsp3) is 0.273. The van der Waals surface area contributed by atoms with Gasteiger partial charge in [-0.15, -0.1) is 0 Å². The Bertz CT molecular complexity index is 451. The standard InChI is InChI=1S/C11H13BrN2O2S/c1-6(16-2)11(15)14-9-4-3-7(12)5-8(9)10(13)17/h3-6H,1-2H3,(H2,13,17)(H,14,15). The first-order valence-electron chi connectivity index (χ1n) is 4.88. The summed E-state index contributed by atoms with van der Waals surface area (Å²) in [6, 6.07) is 5.29. The predicted octanol–water partition coefficient (Wildman–Crippen LogP) is 2.06. The zero-order chi connectivity index (χ0) is 13.0. The monoisotopic (exact) mass is 316 g/mol. The van der Waals surface area contributed by atoms with Crippen molar-refractivity contribution in [3.8, 4) is 0 Å². The minimum atomic E-state index is -0.530. The van der Waals surface area contributed by atoms with Crippen LogP contribution in [0.1, 0.15) is 12.5 Å². The molecule has 3 N–H and O–H groups in total. The maximum absolute atomic E-state index is 11.7. The number of rotatable bonds is 4. The molecule has 0 aliphatic heterocycles. The summed E-state index contributed by atoms with van der Waals surface area (Å²) in [6.07, 6.45) is -0.530. The fourth-order valence-electron chi connectivity index (χ4n) is 1.17. The highest BCUT2D eigenvalue weighted by Crippen LogP contribution is 2.21. The third kappa shape index (κ3) is 3.76. The summed E-state index contributed by atoms with van der Waals surface area (Å²) in [7, 11) is 1.47. The molecule has 0 saturated heterocycles. The molecule has 0 heterocycles. The highest BCUT2D eigenvalue weighted by Gasteiger charge is 2.14. The minimum absolute atomic E-state index is 0.228. The predicted molar refractivity (Wildman–Crippen MR) is 75.1 cm³/mol. The van der Waals surface area contributed by atoms with Crippen LogP contribution in [0.2, 0.25) is 0 Å². The van der Waals surface area contributed by atoms with E-state index in [0.29, 0.717) is 11.3 Å². The fourth-order valence-corrected chi connectivity index (χ4v) is 1.70. The van der Waals surface area contributed by atoms with Crippen LogP contribution in [0.25, 0.3) is 0 Å². The van der Waals surface area contributed by atoms with Gasteiger partial charge in [0.2, 0.25) is 0 Å². The largest absolute Gasteiger partial charge is 0.389 e. The third-order valence-corrected chi connectivity index (χ3v) is 2.94. The number of thiocarbonyl (C=S) groups is 1. The summed E-state index contributed by atoms with van der Waals surface area (Å²) >= 11 is 8.25. The van der Waals surface area contributed by atoms with Crippen LogP contribution < -0.4 is 11.1 Å². The van der Waals surface area contributed by atoms with Gasteiger partial charge in [0.15, 0.2) is 0 Å². The first-order valence-corrected chi connectivity index (χ1v) is 6.09. The van der Waals surface area contributed by atoms with Gasteiger partial charge in [0, 0.05) is 17.1 Å². The molecule has 0 spiro atoms. The zero-order valence-corrected chi connectivity index (χ0v) is 11.9. The summed E-state index contributed by atoms with van der Waals surface area (Å²) in [4.78, 5) is 11.9. The molecule has 17 heavy (non-hydrogen) atoms. The maximum atomic E-state index is 11.7. The highest BCUT2D eigenvalue weighted by atomic mass is 79.9. The molecule has 6 heteroatoms. The molecule has 1 atom stereocenters. The lowest BCUT2D eigenvalue weighted by Gasteiger charge is -2.13. The van der Waals surface area contributed by atoms with Crippen molar-refractivity contribution in [3.05, 3.63) is 28.2 Å². The molecule has 4 nitrogen and oxygen atoms in total. The van der Waals surface area contributed by atoms with Crippen molar-refractivity contribution in [1.29, 1.82) is 0 Å². The van der Waals surface area contributed by atoms with E-state index in [1.54, 1.807) is 25.1 Å².